The Bertz CT molecular complexity index is 747. The van der Waals surface area contributed by atoms with Crippen LogP contribution in [0.3, 0.4) is 0 Å². The summed E-state index contributed by atoms with van der Waals surface area (Å²) < 4.78 is 30.8. The summed E-state index contributed by atoms with van der Waals surface area (Å²) in [5.41, 5.74) is 1.36. The minimum absolute atomic E-state index is 0.0560. The second-order valence-corrected chi connectivity index (χ2v) is 5.86. The highest BCUT2D eigenvalue weighted by Crippen LogP contribution is 2.37. The van der Waals surface area contributed by atoms with Crippen molar-refractivity contribution in [3.8, 4) is 22.8 Å². The molecular weight excluding hydrogens is 326 g/mol. The fourth-order valence-corrected chi connectivity index (χ4v) is 2.76. The van der Waals surface area contributed by atoms with E-state index in [1.54, 1.807) is 18.3 Å². The van der Waals surface area contributed by atoms with Crippen LogP contribution in [-0.4, -0.2) is 42.4 Å². The Hall–Kier alpha value is -2.19. The molecule has 25 heavy (non-hydrogen) atoms. The highest BCUT2D eigenvalue weighted by Gasteiger charge is 2.31. The van der Waals surface area contributed by atoms with Crippen LogP contribution in [0.5, 0.6) is 11.5 Å². The molecule has 1 unspecified atom stereocenters. The van der Waals surface area contributed by atoms with Gasteiger partial charge in [-0.05, 0) is 24.9 Å². The highest BCUT2D eigenvalue weighted by molar-refractivity contribution is 6.43. The van der Waals surface area contributed by atoms with Crippen molar-refractivity contribution in [1.82, 2.24) is 9.97 Å². The Balaban J connectivity index is 1.96. The highest BCUT2D eigenvalue weighted by atomic mass is 19.1. The van der Waals surface area contributed by atoms with Crippen LogP contribution in [-0.2, 0) is 4.65 Å². The van der Waals surface area contributed by atoms with E-state index in [0.717, 1.165) is 6.42 Å². The smallest absolute Gasteiger partial charge is 0.454 e. The molecule has 1 fully saturated rings. The van der Waals surface area contributed by atoms with Gasteiger partial charge in [-0.25, -0.2) is 9.37 Å². The number of rotatable bonds is 6. The maximum absolute atomic E-state index is 15.0. The fraction of sp³-hybridized carbons (Fsp3) is 0.412. The lowest BCUT2D eigenvalue weighted by molar-refractivity contribution is 0.280. The van der Waals surface area contributed by atoms with Crippen LogP contribution in [0.4, 0.5) is 4.39 Å². The molecule has 132 valence electrons. The second kappa shape index (κ2) is 7.80. The van der Waals surface area contributed by atoms with Gasteiger partial charge < -0.3 is 19.2 Å². The van der Waals surface area contributed by atoms with Gasteiger partial charge in [0.05, 0.1) is 31.3 Å². The summed E-state index contributed by atoms with van der Waals surface area (Å²) in [6, 6.07) is 3.25. The third-order valence-corrected chi connectivity index (χ3v) is 4.05. The lowest BCUT2D eigenvalue weighted by atomic mass is 9.81. The van der Waals surface area contributed by atoms with Crippen LogP contribution in [0.1, 0.15) is 25.0 Å². The molecule has 1 aliphatic rings. The molecule has 6 nitrogen and oxygen atoms in total. The third-order valence-electron chi connectivity index (χ3n) is 4.05. The van der Waals surface area contributed by atoms with Crippen LogP contribution in [0.2, 0.25) is 6.32 Å². The van der Waals surface area contributed by atoms with Crippen LogP contribution >= 0.6 is 0 Å². The summed E-state index contributed by atoms with van der Waals surface area (Å²) in [7, 11) is 0.682. The molecular formula is C17H20BFN2O4. The van der Waals surface area contributed by atoms with E-state index in [0.29, 0.717) is 42.2 Å². The minimum Gasteiger partial charge on any atom is -0.493 e. The summed E-state index contributed by atoms with van der Waals surface area (Å²) in [6.45, 7) is 2.70. The van der Waals surface area contributed by atoms with E-state index in [2.05, 4.69) is 9.97 Å². The van der Waals surface area contributed by atoms with Crippen molar-refractivity contribution in [2.24, 2.45) is 0 Å². The van der Waals surface area contributed by atoms with E-state index >= 15 is 0 Å². The van der Waals surface area contributed by atoms with E-state index in [9.17, 15) is 9.41 Å². The topological polar surface area (TPSA) is 73.7 Å². The molecule has 0 radical (unpaired) electrons. The molecule has 1 aromatic heterocycles. The van der Waals surface area contributed by atoms with Crippen LogP contribution in [0.25, 0.3) is 11.3 Å². The Labute approximate surface area is 146 Å². The number of methoxy groups -OCH3 is 1. The largest absolute Gasteiger partial charge is 0.493 e. The fourth-order valence-electron chi connectivity index (χ4n) is 2.76. The average Bonchev–Trinajstić information content (AvgIpc) is 3.07. The normalized spacial score (nSPS) is 17.0. The van der Waals surface area contributed by atoms with Crippen molar-refractivity contribution >= 4 is 7.12 Å². The Morgan fingerprint density at radius 2 is 2.24 bits per heavy atom. The average molecular weight is 346 g/mol. The summed E-state index contributed by atoms with van der Waals surface area (Å²) >= 11 is 0. The summed E-state index contributed by atoms with van der Waals surface area (Å²) in [5, 5.41) is 9.51. The van der Waals surface area contributed by atoms with E-state index in [4.69, 9.17) is 14.1 Å². The lowest BCUT2D eigenvalue weighted by Gasteiger charge is -2.14. The molecule has 0 amide bonds. The predicted octanol–water partition coefficient (Wildman–Crippen LogP) is 2.67. The van der Waals surface area contributed by atoms with Crippen LogP contribution < -0.4 is 9.47 Å². The van der Waals surface area contributed by atoms with E-state index in [1.807, 2.05) is 6.92 Å². The molecule has 0 bridgehead atoms. The third kappa shape index (κ3) is 3.75. The van der Waals surface area contributed by atoms with Gasteiger partial charge in [0.1, 0.15) is 0 Å². The quantitative estimate of drug-likeness (QED) is 0.811. The molecule has 8 heteroatoms. The van der Waals surface area contributed by atoms with E-state index in [1.165, 1.54) is 13.3 Å². The molecule has 2 aromatic rings. The molecule has 2 heterocycles. The van der Waals surface area contributed by atoms with Gasteiger partial charge in [-0.3, -0.25) is 4.98 Å². The second-order valence-electron chi connectivity index (χ2n) is 5.86. The first-order chi connectivity index (χ1) is 12.1. The minimum atomic E-state index is -0.790. The molecule has 1 aromatic carbocycles. The number of ether oxygens (including phenoxy) is 2. The Morgan fingerprint density at radius 1 is 1.40 bits per heavy atom. The number of benzene rings is 1. The molecule has 3 rings (SSSR count). The monoisotopic (exact) mass is 346 g/mol. The summed E-state index contributed by atoms with van der Waals surface area (Å²) in [5.74, 6) is -0.165. The van der Waals surface area contributed by atoms with Gasteiger partial charge in [0.15, 0.2) is 17.3 Å². The number of aromatic nitrogens is 2. The molecule has 0 aliphatic carbocycles. The standard InChI is InChI=1S/C17H20BFN2O4/c1-3-6-24-17-15(23-2)5-4-12(16(17)19)14-9-20-8-13(21-14)11-7-18(22)25-10-11/h4-5,8-9,11,22H,3,6-7,10H2,1-2H3. The van der Waals surface area contributed by atoms with E-state index < -0.39 is 12.9 Å². The zero-order valence-electron chi connectivity index (χ0n) is 14.2. The first-order valence-corrected chi connectivity index (χ1v) is 8.25. The van der Waals surface area contributed by atoms with Gasteiger partial charge in [0.25, 0.3) is 0 Å². The lowest BCUT2D eigenvalue weighted by Crippen LogP contribution is -2.08. The van der Waals surface area contributed by atoms with Crippen molar-refractivity contribution in [2.45, 2.75) is 25.6 Å². The Kier molecular flexibility index (Phi) is 5.50. The number of nitrogens with zero attached hydrogens (tertiary/aromatic N) is 2. The SMILES string of the molecule is CCCOc1c(OC)ccc(-c2cncc(C3COB(O)C3)n2)c1F. The molecule has 0 spiro atoms. The van der Waals surface area contributed by atoms with Crippen molar-refractivity contribution in [2.75, 3.05) is 20.3 Å². The number of halogens is 1. The Morgan fingerprint density at radius 3 is 2.92 bits per heavy atom. The van der Waals surface area contributed by atoms with Gasteiger partial charge in [-0.15, -0.1) is 0 Å². The van der Waals surface area contributed by atoms with Crippen molar-refractivity contribution in [1.29, 1.82) is 0 Å². The van der Waals surface area contributed by atoms with Gasteiger partial charge in [-0.2, -0.15) is 0 Å². The van der Waals surface area contributed by atoms with Gasteiger partial charge in [0, 0.05) is 24.3 Å². The first-order valence-electron chi connectivity index (χ1n) is 8.25. The molecule has 1 N–H and O–H groups in total. The van der Waals surface area contributed by atoms with E-state index in [-0.39, 0.29) is 11.7 Å². The van der Waals surface area contributed by atoms with Gasteiger partial charge >= 0.3 is 7.12 Å². The zero-order valence-corrected chi connectivity index (χ0v) is 14.2. The molecule has 1 saturated heterocycles. The zero-order chi connectivity index (χ0) is 17.8. The first kappa shape index (κ1) is 17.6. The van der Waals surface area contributed by atoms with Crippen LogP contribution in [0, 0.1) is 5.82 Å². The summed E-state index contributed by atoms with van der Waals surface area (Å²) in [4.78, 5) is 8.67. The molecule has 1 aliphatic heterocycles. The maximum Gasteiger partial charge on any atom is 0.454 e. The van der Waals surface area contributed by atoms with Gasteiger partial charge in [0.2, 0.25) is 0 Å². The van der Waals surface area contributed by atoms with Crippen LogP contribution in [0.15, 0.2) is 24.5 Å². The number of hydrogen-bond donors (Lipinski definition) is 1. The molecule has 1 atom stereocenters. The van der Waals surface area contributed by atoms with Gasteiger partial charge in [-0.1, -0.05) is 6.92 Å². The van der Waals surface area contributed by atoms with Crippen molar-refractivity contribution < 1.29 is 23.5 Å². The molecule has 0 saturated carbocycles. The maximum atomic E-state index is 15.0. The van der Waals surface area contributed by atoms with Crippen molar-refractivity contribution in [3.63, 3.8) is 0 Å². The number of hydrogen-bond acceptors (Lipinski definition) is 6. The predicted molar refractivity (Wildman–Crippen MR) is 91.2 cm³/mol. The summed E-state index contributed by atoms with van der Waals surface area (Å²) in [6.07, 6.45) is 4.33. The van der Waals surface area contributed by atoms with Crippen molar-refractivity contribution in [3.05, 3.63) is 36.0 Å².